The molecule has 15 heavy (non-hydrogen) atoms. The Morgan fingerprint density at radius 1 is 1.07 bits per heavy atom. The summed E-state index contributed by atoms with van der Waals surface area (Å²) in [4.78, 5) is 0. The van der Waals surface area contributed by atoms with Gasteiger partial charge in [0, 0.05) is 6.42 Å². The van der Waals surface area contributed by atoms with Crippen LogP contribution in [0.2, 0.25) is 0 Å². The first kappa shape index (κ1) is 10.7. The predicted octanol–water partition coefficient (Wildman–Crippen LogP) is 2.77. The Morgan fingerprint density at radius 2 is 1.60 bits per heavy atom. The summed E-state index contributed by atoms with van der Waals surface area (Å²) in [5.74, 6) is -0.458. The number of hydrogen-bond acceptors (Lipinski definition) is 2. The van der Waals surface area contributed by atoms with Crippen molar-refractivity contribution in [1.29, 1.82) is 0 Å². The van der Waals surface area contributed by atoms with E-state index in [-0.39, 0.29) is 12.2 Å². The van der Waals surface area contributed by atoms with Gasteiger partial charge in [0.15, 0.2) is 5.79 Å². The molecule has 0 aromatic heterocycles. The summed E-state index contributed by atoms with van der Waals surface area (Å²) in [5, 5.41) is 0. The normalized spacial score (nSPS) is 35.7. The molecule has 1 fully saturated rings. The molecule has 0 aliphatic carbocycles. The lowest BCUT2D eigenvalue weighted by Gasteiger charge is -2.23. The molecule has 2 nitrogen and oxygen atoms in total. The molecule has 1 saturated heterocycles. The molecule has 1 aliphatic heterocycles. The van der Waals surface area contributed by atoms with Crippen molar-refractivity contribution < 1.29 is 9.47 Å². The maximum absolute atomic E-state index is 5.84. The minimum absolute atomic E-state index is 0.179. The third kappa shape index (κ3) is 2.39. The van der Waals surface area contributed by atoms with E-state index in [2.05, 4.69) is 26.0 Å². The van der Waals surface area contributed by atoms with Crippen molar-refractivity contribution in [2.45, 2.75) is 45.2 Å². The van der Waals surface area contributed by atoms with Gasteiger partial charge in [-0.1, -0.05) is 30.3 Å². The van der Waals surface area contributed by atoms with Crippen LogP contribution >= 0.6 is 0 Å². The molecule has 1 aromatic rings. The van der Waals surface area contributed by atoms with Gasteiger partial charge in [-0.05, 0) is 26.3 Å². The van der Waals surface area contributed by atoms with E-state index in [1.165, 1.54) is 5.56 Å². The maximum atomic E-state index is 5.84. The van der Waals surface area contributed by atoms with E-state index in [1.54, 1.807) is 0 Å². The van der Waals surface area contributed by atoms with Crippen molar-refractivity contribution in [3.05, 3.63) is 35.9 Å². The first-order chi connectivity index (χ1) is 7.09. The van der Waals surface area contributed by atoms with Crippen LogP contribution < -0.4 is 0 Å². The van der Waals surface area contributed by atoms with Gasteiger partial charge in [-0.25, -0.2) is 0 Å². The molecule has 82 valence electrons. The lowest BCUT2D eigenvalue weighted by atomic mass is 10.1. The Bertz CT molecular complexity index is 311. The van der Waals surface area contributed by atoms with Crippen LogP contribution in [0.3, 0.4) is 0 Å². The highest BCUT2D eigenvalue weighted by molar-refractivity contribution is 5.16. The van der Waals surface area contributed by atoms with Crippen LogP contribution in [0, 0.1) is 0 Å². The predicted molar refractivity (Wildman–Crippen MR) is 59.6 cm³/mol. The quantitative estimate of drug-likeness (QED) is 0.740. The van der Waals surface area contributed by atoms with Crippen molar-refractivity contribution in [3.63, 3.8) is 0 Å². The average Bonchev–Trinajstić information content (AvgIpc) is 2.42. The van der Waals surface area contributed by atoms with E-state index >= 15 is 0 Å². The highest BCUT2D eigenvalue weighted by Gasteiger charge is 2.39. The maximum Gasteiger partial charge on any atom is 0.170 e. The zero-order valence-corrected chi connectivity index (χ0v) is 9.57. The third-order valence-electron chi connectivity index (χ3n) is 2.90. The van der Waals surface area contributed by atoms with Crippen molar-refractivity contribution in [2.24, 2.45) is 0 Å². The summed E-state index contributed by atoms with van der Waals surface area (Å²) in [6, 6.07) is 10.3. The van der Waals surface area contributed by atoms with Gasteiger partial charge in [0.05, 0.1) is 12.2 Å². The molecule has 0 spiro atoms. The topological polar surface area (TPSA) is 18.5 Å². The van der Waals surface area contributed by atoms with Crippen molar-refractivity contribution in [1.82, 2.24) is 0 Å². The second-order valence-corrected chi connectivity index (χ2v) is 4.44. The summed E-state index contributed by atoms with van der Waals surface area (Å²) in [6.07, 6.45) is 1.17. The molecule has 0 saturated carbocycles. The van der Waals surface area contributed by atoms with Gasteiger partial charge < -0.3 is 9.47 Å². The Labute approximate surface area is 91.2 Å². The summed E-state index contributed by atoms with van der Waals surface area (Å²) < 4.78 is 11.7. The molecular weight excluding hydrogens is 188 g/mol. The Hall–Kier alpha value is -0.860. The van der Waals surface area contributed by atoms with Crippen LogP contribution in [0.25, 0.3) is 0 Å². The smallest absolute Gasteiger partial charge is 0.170 e. The summed E-state index contributed by atoms with van der Waals surface area (Å²) in [5.41, 5.74) is 1.25. The SMILES string of the molecule is CC1OC(C)(Cc2ccccc2)OC1C. The van der Waals surface area contributed by atoms with Gasteiger partial charge in [0.25, 0.3) is 0 Å². The Kier molecular flexibility index (Phi) is 2.81. The molecule has 1 aliphatic rings. The molecule has 2 rings (SSSR count). The molecule has 1 heterocycles. The van der Waals surface area contributed by atoms with Gasteiger partial charge in [-0.2, -0.15) is 0 Å². The van der Waals surface area contributed by atoms with Crippen LogP contribution in [0.15, 0.2) is 30.3 Å². The molecule has 0 N–H and O–H groups in total. The van der Waals surface area contributed by atoms with Crippen molar-refractivity contribution >= 4 is 0 Å². The van der Waals surface area contributed by atoms with Crippen LogP contribution in [0.4, 0.5) is 0 Å². The lowest BCUT2D eigenvalue weighted by molar-refractivity contribution is -0.157. The van der Waals surface area contributed by atoms with Crippen molar-refractivity contribution in [2.75, 3.05) is 0 Å². The van der Waals surface area contributed by atoms with E-state index in [0.29, 0.717) is 0 Å². The van der Waals surface area contributed by atoms with Crippen LogP contribution in [-0.4, -0.2) is 18.0 Å². The summed E-state index contributed by atoms with van der Waals surface area (Å²) >= 11 is 0. The molecule has 1 aromatic carbocycles. The lowest BCUT2D eigenvalue weighted by Crippen LogP contribution is -2.29. The second kappa shape index (κ2) is 3.95. The molecule has 0 radical (unpaired) electrons. The largest absolute Gasteiger partial charge is 0.344 e. The molecule has 0 amide bonds. The highest BCUT2D eigenvalue weighted by Crippen LogP contribution is 2.31. The number of rotatable bonds is 2. The molecule has 0 bridgehead atoms. The van der Waals surface area contributed by atoms with Gasteiger partial charge in [0.1, 0.15) is 0 Å². The minimum Gasteiger partial charge on any atom is -0.344 e. The van der Waals surface area contributed by atoms with Crippen LogP contribution in [0.5, 0.6) is 0 Å². The molecule has 2 unspecified atom stereocenters. The fraction of sp³-hybridized carbons (Fsp3) is 0.538. The third-order valence-corrected chi connectivity index (χ3v) is 2.90. The van der Waals surface area contributed by atoms with Gasteiger partial charge in [0.2, 0.25) is 0 Å². The highest BCUT2D eigenvalue weighted by atomic mass is 16.7. The van der Waals surface area contributed by atoms with E-state index in [9.17, 15) is 0 Å². The zero-order valence-electron chi connectivity index (χ0n) is 9.57. The van der Waals surface area contributed by atoms with Gasteiger partial charge in [-0.15, -0.1) is 0 Å². The summed E-state index contributed by atoms with van der Waals surface area (Å²) in [7, 11) is 0. The van der Waals surface area contributed by atoms with E-state index < -0.39 is 5.79 Å². The monoisotopic (exact) mass is 206 g/mol. The number of benzene rings is 1. The standard InChI is InChI=1S/C13H18O2/c1-10-11(2)15-13(3,14-10)9-12-7-5-4-6-8-12/h4-8,10-11H,9H2,1-3H3. The Morgan fingerprint density at radius 3 is 2.13 bits per heavy atom. The summed E-state index contributed by atoms with van der Waals surface area (Å²) in [6.45, 7) is 6.13. The van der Waals surface area contributed by atoms with Crippen LogP contribution in [0.1, 0.15) is 26.3 Å². The van der Waals surface area contributed by atoms with Crippen LogP contribution in [-0.2, 0) is 15.9 Å². The van der Waals surface area contributed by atoms with Gasteiger partial charge in [-0.3, -0.25) is 0 Å². The fourth-order valence-corrected chi connectivity index (χ4v) is 2.06. The van der Waals surface area contributed by atoms with Crippen molar-refractivity contribution in [3.8, 4) is 0 Å². The van der Waals surface area contributed by atoms with Gasteiger partial charge >= 0.3 is 0 Å². The Balaban J connectivity index is 2.06. The molecule has 2 heteroatoms. The number of ether oxygens (including phenoxy) is 2. The average molecular weight is 206 g/mol. The fourth-order valence-electron chi connectivity index (χ4n) is 2.06. The zero-order chi connectivity index (χ0) is 10.9. The molecular formula is C13H18O2. The van der Waals surface area contributed by atoms with E-state index in [1.807, 2.05) is 25.1 Å². The second-order valence-electron chi connectivity index (χ2n) is 4.44. The minimum atomic E-state index is -0.458. The molecule has 2 atom stereocenters. The first-order valence-corrected chi connectivity index (χ1v) is 5.49. The van der Waals surface area contributed by atoms with E-state index in [4.69, 9.17) is 9.47 Å². The first-order valence-electron chi connectivity index (χ1n) is 5.49. The van der Waals surface area contributed by atoms with E-state index in [0.717, 1.165) is 6.42 Å². The number of hydrogen-bond donors (Lipinski definition) is 0.